The van der Waals surface area contributed by atoms with E-state index in [0.717, 1.165) is 36.9 Å². The molecule has 1 N–H and O–H groups in total. The highest BCUT2D eigenvalue weighted by atomic mass is 32.1. The molecule has 4 nitrogen and oxygen atoms in total. The van der Waals surface area contributed by atoms with Gasteiger partial charge in [-0.3, -0.25) is 0 Å². The van der Waals surface area contributed by atoms with Crippen molar-refractivity contribution in [3.8, 4) is 0 Å². The van der Waals surface area contributed by atoms with Gasteiger partial charge in [-0.2, -0.15) is 4.37 Å². The second kappa shape index (κ2) is 6.81. The van der Waals surface area contributed by atoms with Crippen LogP contribution in [0.3, 0.4) is 0 Å². The van der Waals surface area contributed by atoms with Gasteiger partial charge < -0.3 is 10.2 Å². The summed E-state index contributed by atoms with van der Waals surface area (Å²) in [6.07, 6.45) is 2.05. The van der Waals surface area contributed by atoms with Crippen molar-refractivity contribution in [2.75, 3.05) is 25.5 Å². The van der Waals surface area contributed by atoms with Gasteiger partial charge in [0, 0.05) is 30.5 Å². The molecule has 16 heavy (non-hydrogen) atoms. The van der Waals surface area contributed by atoms with Gasteiger partial charge >= 0.3 is 0 Å². The average Bonchev–Trinajstić information content (AvgIpc) is 2.71. The second-order valence-corrected chi connectivity index (χ2v) is 4.98. The van der Waals surface area contributed by atoms with E-state index < -0.39 is 0 Å². The molecule has 0 fully saturated rings. The monoisotopic (exact) mass is 242 g/mol. The molecule has 0 saturated carbocycles. The predicted octanol–water partition coefficient (Wildman–Crippen LogP) is 2.24. The highest BCUT2D eigenvalue weighted by molar-refractivity contribution is 7.09. The van der Waals surface area contributed by atoms with Crippen LogP contribution in [0.2, 0.25) is 0 Å². The highest BCUT2D eigenvalue weighted by Crippen LogP contribution is 2.10. The molecule has 1 aromatic heterocycles. The first-order valence-corrected chi connectivity index (χ1v) is 6.67. The first kappa shape index (κ1) is 13.4. The molecular weight excluding hydrogens is 220 g/mol. The van der Waals surface area contributed by atoms with Crippen LogP contribution in [0.15, 0.2) is 0 Å². The van der Waals surface area contributed by atoms with Crippen molar-refractivity contribution < 1.29 is 0 Å². The minimum atomic E-state index is 0.619. The molecule has 0 unspecified atom stereocenters. The topological polar surface area (TPSA) is 41.1 Å². The molecule has 0 spiro atoms. The quantitative estimate of drug-likeness (QED) is 0.745. The lowest BCUT2D eigenvalue weighted by Crippen LogP contribution is -2.28. The van der Waals surface area contributed by atoms with E-state index in [4.69, 9.17) is 0 Å². The SMILES string of the molecule is CCc1nsc(NCCCN(C)C(C)C)n1. The summed E-state index contributed by atoms with van der Waals surface area (Å²) >= 11 is 1.45. The van der Waals surface area contributed by atoms with Crippen LogP contribution in [0.25, 0.3) is 0 Å². The van der Waals surface area contributed by atoms with Crippen LogP contribution in [0.1, 0.15) is 33.0 Å². The maximum atomic E-state index is 4.36. The molecule has 92 valence electrons. The van der Waals surface area contributed by atoms with Crippen LogP contribution in [0.5, 0.6) is 0 Å². The minimum absolute atomic E-state index is 0.619. The van der Waals surface area contributed by atoms with Crippen LogP contribution >= 0.6 is 11.5 Å². The molecule has 0 aliphatic carbocycles. The molecule has 5 heteroatoms. The number of hydrogen-bond donors (Lipinski definition) is 1. The Morgan fingerprint density at radius 3 is 2.75 bits per heavy atom. The Morgan fingerprint density at radius 1 is 1.44 bits per heavy atom. The average molecular weight is 242 g/mol. The van der Waals surface area contributed by atoms with Crippen LogP contribution in [-0.4, -0.2) is 40.4 Å². The third-order valence-electron chi connectivity index (χ3n) is 2.63. The van der Waals surface area contributed by atoms with Crippen molar-refractivity contribution >= 4 is 16.7 Å². The fourth-order valence-electron chi connectivity index (χ4n) is 1.25. The van der Waals surface area contributed by atoms with Crippen molar-refractivity contribution in [1.82, 2.24) is 14.3 Å². The number of aryl methyl sites for hydroxylation is 1. The zero-order valence-corrected chi connectivity index (χ0v) is 11.5. The third-order valence-corrected chi connectivity index (χ3v) is 3.34. The molecule has 0 atom stereocenters. The van der Waals surface area contributed by atoms with Crippen molar-refractivity contribution in [3.05, 3.63) is 5.82 Å². The summed E-state index contributed by atoms with van der Waals surface area (Å²) in [5.41, 5.74) is 0. The summed E-state index contributed by atoms with van der Waals surface area (Å²) < 4.78 is 4.23. The number of nitrogens with one attached hydrogen (secondary N) is 1. The maximum absolute atomic E-state index is 4.36. The summed E-state index contributed by atoms with van der Waals surface area (Å²) in [4.78, 5) is 6.71. The zero-order valence-electron chi connectivity index (χ0n) is 10.7. The number of hydrogen-bond acceptors (Lipinski definition) is 5. The summed E-state index contributed by atoms with van der Waals surface area (Å²) in [5.74, 6) is 0.937. The summed E-state index contributed by atoms with van der Waals surface area (Å²) in [5, 5.41) is 4.26. The minimum Gasteiger partial charge on any atom is -0.360 e. The van der Waals surface area contributed by atoms with Crippen molar-refractivity contribution in [2.45, 2.75) is 39.7 Å². The van der Waals surface area contributed by atoms with E-state index in [-0.39, 0.29) is 0 Å². The van der Waals surface area contributed by atoms with E-state index in [1.165, 1.54) is 11.5 Å². The lowest BCUT2D eigenvalue weighted by Gasteiger charge is -2.20. The summed E-state index contributed by atoms with van der Waals surface area (Å²) in [6.45, 7) is 8.58. The van der Waals surface area contributed by atoms with E-state index >= 15 is 0 Å². The molecule has 0 radical (unpaired) electrons. The Kier molecular flexibility index (Phi) is 5.69. The zero-order chi connectivity index (χ0) is 12.0. The Labute approximate surface area is 102 Å². The maximum Gasteiger partial charge on any atom is 0.202 e. The van der Waals surface area contributed by atoms with Gasteiger partial charge in [-0.25, -0.2) is 4.98 Å². The smallest absolute Gasteiger partial charge is 0.202 e. The molecular formula is C11H22N4S. The lowest BCUT2D eigenvalue weighted by atomic mass is 10.3. The van der Waals surface area contributed by atoms with Gasteiger partial charge in [0.15, 0.2) is 0 Å². The standard InChI is InChI=1S/C11H22N4S/c1-5-10-13-11(16-14-10)12-7-6-8-15(4)9(2)3/h9H,5-8H2,1-4H3,(H,12,13,14). The predicted molar refractivity (Wildman–Crippen MR) is 70.2 cm³/mol. The van der Waals surface area contributed by atoms with Crippen molar-refractivity contribution in [1.29, 1.82) is 0 Å². The summed E-state index contributed by atoms with van der Waals surface area (Å²) in [7, 11) is 2.16. The summed E-state index contributed by atoms with van der Waals surface area (Å²) in [6, 6.07) is 0.619. The number of nitrogens with zero attached hydrogens (tertiary/aromatic N) is 3. The van der Waals surface area contributed by atoms with E-state index in [1.807, 2.05) is 0 Å². The van der Waals surface area contributed by atoms with Crippen LogP contribution in [-0.2, 0) is 6.42 Å². The van der Waals surface area contributed by atoms with Gasteiger partial charge in [0.2, 0.25) is 5.13 Å². The van der Waals surface area contributed by atoms with Crippen LogP contribution < -0.4 is 5.32 Å². The Morgan fingerprint density at radius 2 is 2.19 bits per heavy atom. The van der Waals surface area contributed by atoms with E-state index in [2.05, 4.69) is 47.4 Å². The van der Waals surface area contributed by atoms with Crippen molar-refractivity contribution in [3.63, 3.8) is 0 Å². The largest absolute Gasteiger partial charge is 0.360 e. The number of rotatable bonds is 7. The molecule has 1 aromatic rings. The van der Waals surface area contributed by atoms with Crippen LogP contribution in [0, 0.1) is 0 Å². The van der Waals surface area contributed by atoms with Gasteiger partial charge in [-0.15, -0.1) is 0 Å². The molecule has 0 saturated heterocycles. The third kappa shape index (κ3) is 4.45. The van der Waals surface area contributed by atoms with E-state index in [1.54, 1.807) is 0 Å². The first-order chi connectivity index (χ1) is 7.63. The van der Waals surface area contributed by atoms with E-state index in [9.17, 15) is 0 Å². The van der Waals surface area contributed by atoms with Gasteiger partial charge in [-0.05, 0) is 33.9 Å². The molecule has 0 aliphatic heterocycles. The first-order valence-electron chi connectivity index (χ1n) is 5.90. The Hall–Kier alpha value is -0.680. The van der Waals surface area contributed by atoms with Gasteiger partial charge in [0.1, 0.15) is 5.82 Å². The number of anilines is 1. The molecule has 1 heterocycles. The highest BCUT2D eigenvalue weighted by Gasteiger charge is 2.03. The van der Waals surface area contributed by atoms with Crippen LogP contribution in [0.4, 0.5) is 5.13 Å². The van der Waals surface area contributed by atoms with Gasteiger partial charge in [0.25, 0.3) is 0 Å². The van der Waals surface area contributed by atoms with Crippen molar-refractivity contribution in [2.24, 2.45) is 0 Å². The normalized spacial score (nSPS) is 11.4. The molecule has 0 bridgehead atoms. The second-order valence-electron chi connectivity index (χ2n) is 4.22. The molecule has 1 rings (SSSR count). The van der Waals surface area contributed by atoms with Gasteiger partial charge in [-0.1, -0.05) is 6.92 Å². The fourth-order valence-corrected chi connectivity index (χ4v) is 1.93. The molecule has 0 amide bonds. The number of aromatic nitrogens is 2. The lowest BCUT2D eigenvalue weighted by molar-refractivity contribution is 0.273. The fraction of sp³-hybridized carbons (Fsp3) is 0.818. The van der Waals surface area contributed by atoms with E-state index in [0.29, 0.717) is 6.04 Å². The van der Waals surface area contributed by atoms with Gasteiger partial charge in [0.05, 0.1) is 0 Å². The molecule has 0 aromatic carbocycles. The molecule has 0 aliphatic rings. The Balaban J connectivity index is 2.16. The Bertz CT molecular complexity index is 298.